The molecule has 0 aliphatic heterocycles. The summed E-state index contributed by atoms with van der Waals surface area (Å²) in [5, 5.41) is 0. The molecule has 1 aromatic heterocycles. The normalized spacial score (nSPS) is 12.2. The molecule has 0 fully saturated rings. The molecule has 0 saturated carbocycles. The minimum Gasteiger partial charge on any atom is -0.468 e. The van der Waals surface area contributed by atoms with Crippen molar-refractivity contribution < 1.29 is 18.7 Å². The van der Waals surface area contributed by atoms with Gasteiger partial charge in [-0.25, -0.2) is 0 Å². The van der Waals surface area contributed by atoms with Gasteiger partial charge in [-0.2, -0.15) is 0 Å². The van der Waals surface area contributed by atoms with Crippen LogP contribution in [0.4, 0.5) is 0 Å². The van der Waals surface area contributed by atoms with Gasteiger partial charge in [-0.1, -0.05) is 0 Å². The monoisotopic (exact) mass is 182 g/mol. The first kappa shape index (κ1) is 9.51. The number of furan rings is 1. The van der Waals surface area contributed by atoms with Gasteiger partial charge in [0.2, 0.25) is 5.78 Å². The number of methoxy groups -OCH3 is 1. The standard InChI is InChI=1S/C9H10O4/c1-6(9(11)12-2)8(10)7-4-3-5-13-7/h3-6H,1-2H3. The second kappa shape index (κ2) is 3.89. The number of carbonyl (C=O) groups is 2. The minimum atomic E-state index is -0.809. The molecule has 0 saturated heterocycles. The van der Waals surface area contributed by atoms with Crippen molar-refractivity contribution in [3.63, 3.8) is 0 Å². The van der Waals surface area contributed by atoms with E-state index in [4.69, 9.17) is 4.42 Å². The van der Waals surface area contributed by atoms with Crippen molar-refractivity contribution in [3.05, 3.63) is 24.2 Å². The topological polar surface area (TPSA) is 56.5 Å². The number of rotatable bonds is 3. The van der Waals surface area contributed by atoms with Crippen LogP contribution in [0.3, 0.4) is 0 Å². The second-order valence-electron chi connectivity index (χ2n) is 2.59. The van der Waals surface area contributed by atoms with Gasteiger partial charge >= 0.3 is 5.97 Å². The first-order valence-electron chi connectivity index (χ1n) is 3.82. The number of carbonyl (C=O) groups excluding carboxylic acids is 2. The van der Waals surface area contributed by atoms with Crippen LogP contribution >= 0.6 is 0 Å². The van der Waals surface area contributed by atoms with E-state index in [9.17, 15) is 9.59 Å². The molecule has 0 radical (unpaired) electrons. The molecule has 1 rings (SSSR count). The fourth-order valence-corrected chi connectivity index (χ4v) is 0.916. The summed E-state index contributed by atoms with van der Waals surface area (Å²) < 4.78 is 9.28. The average Bonchev–Trinajstić information content (AvgIpc) is 2.67. The van der Waals surface area contributed by atoms with Gasteiger partial charge in [-0.3, -0.25) is 9.59 Å². The van der Waals surface area contributed by atoms with Crippen molar-refractivity contribution in [1.29, 1.82) is 0 Å². The van der Waals surface area contributed by atoms with Crippen LogP contribution in [0.1, 0.15) is 17.5 Å². The Hall–Kier alpha value is -1.58. The molecule has 4 nitrogen and oxygen atoms in total. The summed E-state index contributed by atoms with van der Waals surface area (Å²) >= 11 is 0. The number of Topliss-reactive ketones (excluding diaryl/α,β-unsaturated/α-hetero) is 1. The van der Waals surface area contributed by atoms with Gasteiger partial charge in [-0.05, 0) is 19.1 Å². The molecule has 0 aliphatic carbocycles. The van der Waals surface area contributed by atoms with Crippen LogP contribution in [0.5, 0.6) is 0 Å². The summed E-state index contributed by atoms with van der Waals surface area (Å²) in [5.41, 5.74) is 0. The number of esters is 1. The number of hydrogen-bond donors (Lipinski definition) is 0. The van der Waals surface area contributed by atoms with E-state index in [1.54, 1.807) is 6.07 Å². The third-order valence-electron chi connectivity index (χ3n) is 1.71. The van der Waals surface area contributed by atoms with Crippen LogP contribution in [0.2, 0.25) is 0 Å². The van der Waals surface area contributed by atoms with Crippen LogP contribution in [0.25, 0.3) is 0 Å². The van der Waals surface area contributed by atoms with Gasteiger partial charge in [-0.15, -0.1) is 0 Å². The van der Waals surface area contributed by atoms with Gasteiger partial charge in [0.15, 0.2) is 5.76 Å². The lowest BCUT2D eigenvalue weighted by atomic mass is 10.1. The van der Waals surface area contributed by atoms with Crippen LogP contribution in [-0.2, 0) is 9.53 Å². The largest absolute Gasteiger partial charge is 0.468 e. The lowest BCUT2D eigenvalue weighted by Gasteiger charge is -2.04. The molecule has 13 heavy (non-hydrogen) atoms. The maximum atomic E-state index is 11.4. The second-order valence-corrected chi connectivity index (χ2v) is 2.59. The Labute approximate surface area is 75.5 Å². The molecule has 1 unspecified atom stereocenters. The molecular formula is C9H10O4. The molecule has 4 heteroatoms. The van der Waals surface area contributed by atoms with Crippen LogP contribution in [0, 0.1) is 5.92 Å². The molecule has 1 atom stereocenters. The van der Waals surface area contributed by atoms with E-state index in [2.05, 4.69) is 4.74 Å². The average molecular weight is 182 g/mol. The minimum absolute atomic E-state index is 0.179. The molecule has 0 aliphatic rings. The highest BCUT2D eigenvalue weighted by Gasteiger charge is 2.25. The van der Waals surface area contributed by atoms with E-state index in [-0.39, 0.29) is 11.5 Å². The molecule has 0 N–H and O–H groups in total. The van der Waals surface area contributed by atoms with Gasteiger partial charge in [0.1, 0.15) is 5.92 Å². The third kappa shape index (κ3) is 1.96. The Bertz CT molecular complexity index is 299. The first-order valence-corrected chi connectivity index (χ1v) is 3.82. The Morgan fingerprint density at radius 2 is 2.23 bits per heavy atom. The first-order chi connectivity index (χ1) is 6.16. The number of hydrogen-bond acceptors (Lipinski definition) is 4. The van der Waals surface area contributed by atoms with Crippen molar-refractivity contribution in [2.45, 2.75) is 6.92 Å². The zero-order valence-electron chi connectivity index (χ0n) is 7.44. The maximum absolute atomic E-state index is 11.4. The summed E-state index contributed by atoms with van der Waals surface area (Å²) in [5.74, 6) is -1.55. The fraction of sp³-hybridized carbons (Fsp3) is 0.333. The molecule has 0 aromatic carbocycles. The Morgan fingerprint density at radius 3 is 2.69 bits per heavy atom. The van der Waals surface area contributed by atoms with Crippen molar-refractivity contribution >= 4 is 11.8 Å². The van der Waals surface area contributed by atoms with Crippen molar-refractivity contribution in [3.8, 4) is 0 Å². The van der Waals surface area contributed by atoms with Crippen molar-refractivity contribution in [1.82, 2.24) is 0 Å². The van der Waals surface area contributed by atoms with Gasteiger partial charge in [0, 0.05) is 0 Å². The lowest BCUT2D eigenvalue weighted by molar-refractivity contribution is -0.143. The van der Waals surface area contributed by atoms with E-state index < -0.39 is 11.9 Å². The highest BCUT2D eigenvalue weighted by atomic mass is 16.5. The maximum Gasteiger partial charge on any atom is 0.316 e. The lowest BCUT2D eigenvalue weighted by Crippen LogP contribution is -2.21. The van der Waals surface area contributed by atoms with Gasteiger partial charge in [0.05, 0.1) is 13.4 Å². The van der Waals surface area contributed by atoms with Crippen LogP contribution in [0.15, 0.2) is 22.8 Å². The third-order valence-corrected chi connectivity index (χ3v) is 1.71. The predicted octanol–water partition coefficient (Wildman–Crippen LogP) is 1.27. The molecule has 0 spiro atoms. The Morgan fingerprint density at radius 1 is 1.54 bits per heavy atom. The zero-order valence-corrected chi connectivity index (χ0v) is 7.44. The Kier molecular flexibility index (Phi) is 2.84. The van der Waals surface area contributed by atoms with E-state index in [0.29, 0.717) is 0 Å². The quantitative estimate of drug-likeness (QED) is 0.401. The summed E-state index contributed by atoms with van der Waals surface area (Å²) in [6, 6.07) is 3.11. The fourth-order valence-electron chi connectivity index (χ4n) is 0.916. The highest BCUT2D eigenvalue weighted by Crippen LogP contribution is 2.10. The molecule has 0 bridgehead atoms. The van der Waals surface area contributed by atoms with E-state index >= 15 is 0 Å². The van der Waals surface area contributed by atoms with Crippen LogP contribution in [-0.4, -0.2) is 18.9 Å². The molecule has 70 valence electrons. The SMILES string of the molecule is COC(=O)C(C)C(=O)c1ccco1. The zero-order chi connectivity index (χ0) is 9.84. The number of ketones is 1. The smallest absolute Gasteiger partial charge is 0.316 e. The van der Waals surface area contributed by atoms with Crippen LogP contribution < -0.4 is 0 Å². The Balaban J connectivity index is 2.74. The molecule has 1 heterocycles. The molecule has 1 aromatic rings. The molecular weight excluding hydrogens is 172 g/mol. The summed E-state index contributed by atoms with van der Waals surface area (Å²) in [7, 11) is 1.24. The highest BCUT2D eigenvalue weighted by molar-refractivity contribution is 6.06. The van der Waals surface area contributed by atoms with E-state index in [0.717, 1.165) is 0 Å². The van der Waals surface area contributed by atoms with Crippen molar-refractivity contribution in [2.24, 2.45) is 5.92 Å². The predicted molar refractivity (Wildman–Crippen MR) is 44.2 cm³/mol. The number of ether oxygens (including phenoxy) is 1. The molecule has 0 amide bonds. The summed E-state index contributed by atoms with van der Waals surface area (Å²) in [6.45, 7) is 1.48. The van der Waals surface area contributed by atoms with E-state index in [1.807, 2.05) is 0 Å². The van der Waals surface area contributed by atoms with Gasteiger partial charge in [0.25, 0.3) is 0 Å². The van der Waals surface area contributed by atoms with Crippen molar-refractivity contribution in [2.75, 3.05) is 7.11 Å². The summed E-state index contributed by atoms with van der Waals surface area (Å²) in [4.78, 5) is 22.4. The summed E-state index contributed by atoms with van der Waals surface area (Å²) in [6.07, 6.45) is 1.39. The van der Waals surface area contributed by atoms with E-state index in [1.165, 1.54) is 26.4 Å². The van der Waals surface area contributed by atoms with Gasteiger partial charge < -0.3 is 9.15 Å².